The molecule has 0 saturated heterocycles. The summed E-state index contributed by atoms with van der Waals surface area (Å²) in [4.78, 5) is 19.8. The number of fused-ring (bicyclic) bond motifs is 9. The van der Waals surface area contributed by atoms with Crippen molar-refractivity contribution < 1.29 is 0 Å². The number of pyridine rings is 1. The molecule has 0 amide bonds. The number of aromatic nitrogens is 5. The Morgan fingerprint density at radius 2 is 1.08 bits per heavy atom. The molecule has 4 heterocycles. The predicted octanol–water partition coefficient (Wildman–Crippen LogP) is 10.9. The lowest BCUT2D eigenvalue weighted by atomic mass is 10.0. The van der Waals surface area contributed by atoms with Gasteiger partial charge in [-0.2, -0.15) is 0 Å². The van der Waals surface area contributed by atoms with Crippen molar-refractivity contribution in [3.8, 4) is 40.0 Å². The molecule has 0 bridgehead atoms. The molecule has 0 aliphatic rings. The Hall–Kier alpha value is -6.24. The summed E-state index contributed by atoms with van der Waals surface area (Å²) in [6.45, 7) is 0. The van der Waals surface area contributed by atoms with Gasteiger partial charge in [-0.3, -0.25) is 4.57 Å². The highest BCUT2D eigenvalue weighted by molar-refractivity contribution is 7.26. The fraction of sp³-hybridized carbons (Fsp3) is 0. The fourth-order valence-electron chi connectivity index (χ4n) is 6.87. The molecular weight excluding hydrogens is 607 g/mol. The van der Waals surface area contributed by atoms with E-state index in [4.69, 9.17) is 19.9 Å². The first-order chi connectivity index (χ1) is 23.8. The van der Waals surface area contributed by atoms with Gasteiger partial charge in [0.05, 0.1) is 15.7 Å². The van der Waals surface area contributed by atoms with Gasteiger partial charge in [-0.15, -0.1) is 11.3 Å². The van der Waals surface area contributed by atoms with Crippen molar-refractivity contribution in [2.24, 2.45) is 0 Å². The number of benzene rings is 6. The molecule has 10 aromatic rings. The van der Waals surface area contributed by atoms with Gasteiger partial charge in [0, 0.05) is 49.1 Å². The van der Waals surface area contributed by atoms with E-state index in [1.807, 2.05) is 78.2 Å². The largest absolute Gasteiger partial charge is 0.292 e. The fourth-order valence-corrected chi connectivity index (χ4v) is 8.11. The number of hydrogen-bond acceptors (Lipinski definition) is 5. The second kappa shape index (κ2) is 10.7. The highest BCUT2D eigenvalue weighted by Gasteiger charge is 2.20. The number of nitrogens with zero attached hydrogens (tertiary/aromatic N) is 5. The van der Waals surface area contributed by atoms with Crippen LogP contribution < -0.4 is 0 Å². The van der Waals surface area contributed by atoms with Crippen LogP contribution in [0.15, 0.2) is 152 Å². The Morgan fingerprint density at radius 3 is 1.79 bits per heavy atom. The van der Waals surface area contributed by atoms with Crippen molar-refractivity contribution in [3.05, 3.63) is 152 Å². The third-order valence-corrected chi connectivity index (χ3v) is 10.3. The number of hydrogen-bond donors (Lipinski definition) is 0. The van der Waals surface area contributed by atoms with Crippen molar-refractivity contribution in [1.82, 2.24) is 24.5 Å². The summed E-state index contributed by atoms with van der Waals surface area (Å²) in [6, 6.07) is 50.6. The minimum atomic E-state index is 0.585. The first-order valence-corrected chi connectivity index (χ1v) is 16.7. The quantitative estimate of drug-likeness (QED) is 0.194. The lowest BCUT2D eigenvalue weighted by molar-refractivity contribution is 1.05. The molecule has 0 saturated carbocycles. The van der Waals surface area contributed by atoms with E-state index < -0.39 is 0 Å². The van der Waals surface area contributed by atoms with Gasteiger partial charge in [-0.05, 0) is 35.0 Å². The van der Waals surface area contributed by atoms with Crippen LogP contribution in [0.5, 0.6) is 0 Å². The van der Waals surface area contributed by atoms with Crippen LogP contribution in [0.2, 0.25) is 0 Å². The normalized spacial score (nSPS) is 11.8. The highest BCUT2D eigenvalue weighted by Crippen LogP contribution is 2.44. The van der Waals surface area contributed by atoms with Gasteiger partial charge < -0.3 is 0 Å². The molecule has 0 fully saturated rings. The maximum atomic E-state index is 5.11. The molecule has 4 aromatic heterocycles. The van der Waals surface area contributed by atoms with E-state index in [1.54, 1.807) is 0 Å². The maximum Gasteiger partial charge on any atom is 0.165 e. The van der Waals surface area contributed by atoms with Crippen molar-refractivity contribution in [2.45, 2.75) is 0 Å². The van der Waals surface area contributed by atoms with Gasteiger partial charge in [0.2, 0.25) is 0 Å². The Bertz CT molecular complexity index is 2760. The molecule has 0 radical (unpaired) electrons. The topological polar surface area (TPSA) is 56.5 Å². The van der Waals surface area contributed by atoms with Crippen LogP contribution >= 0.6 is 11.3 Å². The summed E-state index contributed by atoms with van der Waals surface area (Å²) in [5, 5.41) is 7.47. The standard InChI is InChI=1S/C42H25N5S/c1-3-12-27(13-4-1)40-44-41(28-14-5-2-6-15-28)46-42(45-40)29-20-24-36(43-25-29)47-34-23-19-26-11-7-8-16-30(26)37(34)33-22-21-32-31-17-9-10-18-35(31)48-39(32)38(33)47/h1-25H. The van der Waals surface area contributed by atoms with E-state index in [1.165, 1.54) is 47.2 Å². The van der Waals surface area contributed by atoms with Crippen molar-refractivity contribution in [3.63, 3.8) is 0 Å². The van der Waals surface area contributed by atoms with Crippen LogP contribution in [-0.2, 0) is 0 Å². The van der Waals surface area contributed by atoms with Crippen molar-refractivity contribution >= 4 is 64.1 Å². The lowest BCUT2D eigenvalue weighted by Crippen LogP contribution is -2.01. The molecular formula is C42H25N5S. The molecule has 10 rings (SSSR count). The van der Waals surface area contributed by atoms with E-state index in [0.717, 1.165) is 28.0 Å². The maximum absolute atomic E-state index is 5.11. The third kappa shape index (κ3) is 4.16. The molecule has 6 heteroatoms. The van der Waals surface area contributed by atoms with Gasteiger partial charge in [0.15, 0.2) is 17.5 Å². The van der Waals surface area contributed by atoms with E-state index in [9.17, 15) is 0 Å². The van der Waals surface area contributed by atoms with Crippen LogP contribution in [0.3, 0.4) is 0 Å². The van der Waals surface area contributed by atoms with E-state index in [-0.39, 0.29) is 0 Å². The predicted molar refractivity (Wildman–Crippen MR) is 199 cm³/mol. The summed E-state index contributed by atoms with van der Waals surface area (Å²) in [5.74, 6) is 2.69. The number of rotatable bonds is 4. The minimum Gasteiger partial charge on any atom is -0.292 e. The van der Waals surface area contributed by atoms with Gasteiger partial charge in [-0.25, -0.2) is 19.9 Å². The molecule has 0 unspecified atom stereocenters. The molecule has 48 heavy (non-hydrogen) atoms. The Kier molecular flexibility index (Phi) is 5.98. The molecule has 6 aromatic carbocycles. The summed E-state index contributed by atoms with van der Waals surface area (Å²) in [7, 11) is 0. The molecule has 224 valence electrons. The third-order valence-electron chi connectivity index (χ3n) is 9.10. The van der Waals surface area contributed by atoms with Crippen LogP contribution in [0, 0.1) is 0 Å². The average Bonchev–Trinajstić information content (AvgIpc) is 3.72. The van der Waals surface area contributed by atoms with Gasteiger partial charge in [0.1, 0.15) is 5.82 Å². The van der Waals surface area contributed by atoms with Crippen LogP contribution in [0.1, 0.15) is 0 Å². The monoisotopic (exact) mass is 631 g/mol. The lowest BCUT2D eigenvalue weighted by Gasteiger charge is -2.10. The van der Waals surface area contributed by atoms with Gasteiger partial charge in [0.25, 0.3) is 0 Å². The summed E-state index contributed by atoms with van der Waals surface area (Å²) in [5.41, 5.74) is 5.01. The first-order valence-electron chi connectivity index (χ1n) is 15.9. The highest BCUT2D eigenvalue weighted by atomic mass is 32.1. The summed E-state index contributed by atoms with van der Waals surface area (Å²) >= 11 is 1.84. The van der Waals surface area contributed by atoms with Crippen molar-refractivity contribution in [1.29, 1.82) is 0 Å². The van der Waals surface area contributed by atoms with Gasteiger partial charge >= 0.3 is 0 Å². The SMILES string of the molecule is c1ccc(-c2nc(-c3ccccc3)nc(-c3ccc(-n4c5ccc6ccccc6c5c5ccc6c7ccccc7sc6c54)nc3)n2)cc1. The molecule has 0 aliphatic carbocycles. The van der Waals surface area contributed by atoms with Crippen LogP contribution in [0.4, 0.5) is 0 Å². The minimum absolute atomic E-state index is 0.585. The zero-order chi connectivity index (χ0) is 31.6. The van der Waals surface area contributed by atoms with E-state index in [2.05, 4.69) is 89.5 Å². The van der Waals surface area contributed by atoms with E-state index in [0.29, 0.717) is 17.5 Å². The zero-order valence-corrected chi connectivity index (χ0v) is 26.4. The number of thiophene rings is 1. The second-order valence-corrected chi connectivity index (χ2v) is 12.9. The van der Waals surface area contributed by atoms with Crippen LogP contribution in [-0.4, -0.2) is 24.5 Å². The molecule has 5 nitrogen and oxygen atoms in total. The van der Waals surface area contributed by atoms with Crippen molar-refractivity contribution in [2.75, 3.05) is 0 Å². The second-order valence-electron chi connectivity index (χ2n) is 11.9. The molecule has 0 N–H and O–H groups in total. The zero-order valence-electron chi connectivity index (χ0n) is 25.6. The van der Waals surface area contributed by atoms with E-state index >= 15 is 0 Å². The Balaban J connectivity index is 1.20. The first kappa shape index (κ1) is 26.9. The Labute approximate surface area is 279 Å². The van der Waals surface area contributed by atoms with Gasteiger partial charge in [-0.1, -0.05) is 121 Å². The smallest absolute Gasteiger partial charge is 0.165 e. The molecule has 0 spiro atoms. The molecule has 0 atom stereocenters. The summed E-state index contributed by atoms with van der Waals surface area (Å²) in [6.07, 6.45) is 1.89. The van der Waals surface area contributed by atoms with Crippen LogP contribution in [0.25, 0.3) is 92.7 Å². The Morgan fingerprint density at radius 1 is 0.458 bits per heavy atom. The summed E-state index contributed by atoms with van der Waals surface area (Å²) < 4.78 is 4.87. The average molecular weight is 632 g/mol. The molecule has 0 aliphatic heterocycles.